The number of hydrogen-bond acceptors (Lipinski definition) is 2. The second kappa shape index (κ2) is 1.91. The average Bonchev–Trinajstić information content (AvgIpc) is 2.34. The molecule has 0 aromatic heterocycles. The van der Waals surface area contributed by atoms with Crippen molar-refractivity contribution >= 4 is 27.5 Å². The summed E-state index contributed by atoms with van der Waals surface area (Å²) in [5, 5.41) is 0. The third kappa shape index (κ3) is 0.590. The maximum absolute atomic E-state index is 11.0. The van der Waals surface area contributed by atoms with Gasteiger partial charge in [0.25, 0.3) is 0 Å². The molecule has 0 aromatic rings. The zero-order chi connectivity index (χ0) is 7.30. The zero-order valence-corrected chi connectivity index (χ0v) is 6.93. The first-order valence-corrected chi connectivity index (χ1v) is 4.35. The van der Waals surface area contributed by atoms with E-state index in [2.05, 4.69) is 15.9 Å². The van der Waals surface area contributed by atoms with Crippen LogP contribution in [-0.2, 0) is 9.59 Å². The molecular formula is C7H7BrO2. The number of hydrogen-bond donors (Lipinski definition) is 0. The second-order valence-electron chi connectivity index (χ2n) is 2.96. The number of halogens is 1. The van der Waals surface area contributed by atoms with Crippen molar-refractivity contribution in [3.05, 3.63) is 0 Å². The molecule has 0 N–H and O–H groups in total. The fourth-order valence-electron chi connectivity index (χ4n) is 1.87. The lowest BCUT2D eigenvalue weighted by Crippen LogP contribution is -2.20. The fourth-order valence-corrected chi connectivity index (χ4v) is 2.88. The molecule has 0 saturated heterocycles. The molecule has 54 valence electrons. The number of rotatable bonds is 0. The van der Waals surface area contributed by atoms with Gasteiger partial charge in [0, 0.05) is 16.7 Å². The third-order valence-electron chi connectivity index (χ3n) is 2.47. The molecule has 2 aliphatic carbocycles. The van der Waals surface area contributed by atoms with Gasteiger partial charge < -0.3 is 0 Å². The van der Waals surface area contributed by atoms with E-state index in [0.717, 1.165) is 12.8 Å². The monoisotopic (exact) mass is 202 g/mol. The molecule has 0 spiro atoms. The van der Waals surface area contributed by atoms with Crippen LogP contribution < -0.4 is 0 Å². The average molecular weight is 203 g/mol. The molecule has 3 atom stereocenters. The molecular weight excluding hydrogens is 196 g/mol. The highest BCUT2D eigenvalue weighted by atomic mass is 79.9. The Bertz CT molecular complexity index is 190. The highest BCUT2D eigenvalue weighted by Gasteiger charge is 2.52. The lowest BCUT2D eigenvalue weighted by Gasteiger charge is -2.03. The fraction of sp³-hybridized carbons (Fsp3) is 0.714. The smallest absolute Gasteiger partial charge is 0.202 e. The van der Waals surface area contributed by atoms with Gasteiger partial charge in [0.2, 0.25) is 11.6 Å². The lowest BCUT2D eigenvalue weighted by molar-refractivity contribution is -0.138. The normalized spacial score (nSPS) is 45.1. The van der Waals surface area contributed by atoms with E-state index in [4.69, 9.17) is 0 Å². The van der Waals surface area contributed by atoms with Gasteiger partial charge in [-0.1, -0.05) is 15.9 Å². The van der Waals surface area contributed by atoms with Crippen LogP contribution in [0.5, 0.6) is 0 Å². The predicted octanol–water partition coefficient (Wildman–Crippen LogP) is 0.928. The minimum Gasteiger partial charge on any atom is -0.291 e. The van der Waals surface area contributed by atoms with Crippen LogP contribution >= 0.6 is 15.9 Å². The maximum atomic E-state index is 11.0. The molecule has 0 radical (unpaired) electrons. The van der Waals surface area contributed by atoms with Crippen LogP contribution in [0.2, 0.25) is 0 Å². The number of alkyl halides is 1. The molecule has 2 rings (SSSR count). The van der Waals surface area contributed by atoms with E-state index in [9.17, 15) is 9.59 Å². The van der Waals surface area contributed by atoms with Crippen LogP contribution in [0, 0.1) is 11.8 Å². The van der Waals surface area contributed by atoms with Crippen molar-refractivity contribution in [2.75, 3.05) is 0 Å². The lowest BCUT2D eigenvalue weighted by atomic mass is 9.98. The third-order valence-corrected chi connectivity index (χ3v) is 3.75. The standard InChI is InChI=1S/C7H7BrO2/c8-5-3-1-2-4(5)7(10)6(3)9/h3-5H,1-2H2/t3-,4+,5?. The first kappa shape index (κ1) is 6.53. The Morgan fingerprint density at radius 2 is 1.50 bits per heavy atom. The minimum absolute atomic E-state index is 0.0116. The van der Waals surface area contributed by atoms with E-state index >= 15 is 0 Å². The molecule has 2 bridgehead atoms. The summed E-state index contributed by atoms with van der Waals surface area (Å²) < 4.78 is 0. The summed E-state index contributed by atoms with van der Waals surface area (Å²) in [5.74, 6) is -0.258. The van der Waals surface area contributed by atoms with Gasteiger partial charge in [0.1, 0.15) is 0 Å². The molecule has 0 aliphatic heterocycles. The van der Waals surface area contributed by atoms with Crippen molar-refractivity contribution in [3.63, 3.8) is 0 Å². The molecule has 2 aliphatic rings. The predicted molar refractivity (Wildman–Crippen MR) is 38.9 cm³/mol. The first-order chi connectivity index (χ1) is 4.72. The van der Waals surface area contributed by atoms with Crippen molar-refractivity contribution in [2.45, 2.75) is 17.7 Å². The largest absolute Gasteiger partial charge is 0.291 e. The van der Waals surface area contributed by atoms with E-state index in [0.29, 0.717) is 0 Å². The first-order valence-electron chi connectivity index (χ1n) is 3.44. The van der Waals surface area contributed by atoms with E-state index in [1.165, 1.54) is 0 Å². The minimum atomic E-state index is -0.141. The van der Waals surface area contributed by atoms with Crippen molar-refractivity contribution in [1.82, 2.24) is 0 Å². The van der Waals surface area contributed by atoms with Crippen molar-refractivity contribution in [3.8, 4) is 0 Å². The summed E-state index contributed by atoms with van der Waals surface area (Å²) in [6.45, 7) is 0. The van der Waals surface area contributed by atoms with Crippen molar-refractivity contribution < 1.29 is 9.59 Å². The number of fused-ring (bicyclic) bond motifs is 2. The summed E-state index contributed by atoms with van der Waals surface area (Å²) in [7, 11) is 0. The second-order valence-corrected chi connectivity index (χ2v) is 4.02. The molecule has 0 amide bonds. The Kier molecular flexibility index (Phi) is 1.24. The highest BCUT2D eigenvalue weighted by Crippen LogP contribution is 2.44. The van der Waals surface area contributed by atoms with Gasteiger partial charge in [-0.25, -0.2) is 0 Å². The van der Waals surface area contributed by atoms with Gasteiger partial charge in [0.05, 0.1) is 0 Å². The van der Waals surface area contributed by atoms with Crippen LogP contribution in [0.1, 0.15) is 12.8 Å². The molecule has 2 fully saturated rings. The molecule has 10 heavy (non-hydrogen) atoms. The summed E-state index contributed by atoms with van der Waals surface area (Å²) in [6.07, 6.45) is 1.82. The topological polar surface area (TPSA) is 34.1 Å². The quantitative estimate of drug-likeness (QED) is 0.433. The molecule has 1 unspecified atom stereocenters. The van der Waals surface area contributed by atoms with E-state index in [-0.39, 0.29) is 28.2 Å². The van der Waals surface area contributed by atoms with E-state index in [1.807, 2.05) is 0 Å². The van der Waals surface area contributed by atoms with Gasteiger partial charge in [-0.3, -0.25) is 9.59 Å². The van der Waals surface area contributed by atoms with Crippen LogP contribution in [0.15, 0.2) is 0 Å². The van der Waals surface area contributed by atoms with E-state index in [1.54, 1.807) is 0 Å². The molecule has 3 heteroatoms. The summed E-state index contributed by atoms with van der Waals surface area (Å²) >= 11 is 3.37. The van der Waals surface area contributed by atoms with Crippen LogP contribution in [-0.4, -0.2) is 16.4 Å². The van der Waals surface area contributed by atoms with Gasteiger partial charge in [-0.15, -0.1) is 0 Å². The Hall–Kier alpha value is -0.180. The van der Waals surface area contributed by atoms with E-state index < -0.39 is 0 Å². The zero-order valence-electron chi connectivity index (χ0n) is 5.34. The Morgan fingerprint density at radius 1 is 1.10 bits per heavy atom. The Morgan fingerprint density at radius 3 is 1.70 bits per heavy atom. The van der Waals surface area contributed by atoms with Crippen molar-refractivity contribution in [2.24, 2.45) is 11.8 Å². The number of carbonyl (C=O) groups is 2. The molecule has 0 heterocycles. The number of carbonyl (C=O) groups excluding carboxylic acids is 2. The number of ketones is 2. The van der Waals surface area contributed by atoms with Crippen LogP contribution in [0.3, 0.4) is 0 Å². The van der Waals surface area contributed by atoms with Gasteiger partial charge in [-0.2, -0.15) is 0 Å². The SMILES string of the molecule is O=C1C(=O)[C@@H]2CC[C@H]1C2Br. The number of Topliss-reactive ketones (excluding diaryl/α,β-unsaturated/α-hetero) is 2. The Balaban J connectivity index is 2.38. The van der Waals surface area contributed by atoms with Gasteiger partial charge >= 0.3 is 0 Å². The van der Waals surface area contributed by atoms with Gasteiger partial charge in [0.15, 0.2) is 0 Å². The van der Waals surface area contributed by atoms with Crippen LogP contribution in [0.25, 0.3) is 0 Å². The van der Waals surface area contributed by atoms with Gasteiger partial charge in [-0.05, 0) is 12.8 Å². The highest BCUT2D eigenvalue weighted by molar-refractivity contribution is 9.09. The molecule has 2 nitrogen and oxygen atoms in total. The summed E-state index contributed by atoms with van der Waals surface area (Å²) in [5.41, 5.74) is 0. The Labute approximate surface area is 67.1 Å². The molecule has 0 aromatic carbocycles. The van der Waals surface area contributed by atoms with Crippen molar-refractivity contribution in [1.29, 1.82) is 0 Å². The summed E-state index contributed by atoms with van der Waals surface area (Å²) in [6, 6.07) is 0. The van der Waals surface area contributed by atoms with Crippen LogP contribution in [0.4, 0.5) is 0 Å². The molecule has 2 saturated carbocycles. The maximum Gasteiger partial charge on any atom is 0.202 e. The summed E-state index contributed by atoms with van der Waals surface area (Å²) in [4.78, 5) is 22.2.